The van der Waals surface area contributed by atoms with Crippen LogP contribution in [0, 0.1) is 0 Å². The van der Waals surface area contributed by atoms with Gasteiger partial charge in [-0.25, -0.2) is 0 Å². The highest BCUT2D eigenvalue weighted by molar-refractivity contribution is 6.14. The first-order chi connectivity index (χ1) is 12.1. The Morgan fingerprint density at radius 1 is 1.32 bits per heavy atom. The molecule has 0 aliphatic carbocycles. The van der Waals surface area contributed by atoms with Crippen molar-refractivity contribution in [3.8, 4) is 0 Å². The minimum atomic E-state index is -0.657. The quantitative estimate of drug-likeness (QED) is 0.616. The second-order valence-electron chi connectivity index (χ2n) is 5.96. The third-order valence-corrected chi connectivity index (χ3v) is 4.30. The van der Waals surface area contributed by atoms with Crippen LogP contribution in [-0.4, -0.2) is 33.2 Å². The number of aliphatic hydroxyl groups is 1. The molecular formula is C19H20N2O4. The molecule has 0 bridgehead atoms. The Bertz CT molecular complexity index is 781. The van der Waals surface area contributed by atoms with Crippen molar-refractivity contribution >= 4 is 11.7 Å². The van der Waals surface area contributed by atoms with Crippen molar-refractivity contribution in [3.05, 3.63) is 65.6 Å². The Kier molecular flexibility index (Phi) is 4.97. The molecule has 6 heteroatoms. The molecule has 0 saturated carbocycles. The zero-order valence-electron chi connectivity index (χ0n) is 14.0. The van der Waals surface area contributed by atoms with E-state index >= 15 is 0 Å². The molecule has 6 nitrogen and oxygen atoms in total. The smallest absolute Gasteiger partial charge is 0.290 e. The van der Waals surface area contributed by atoms with Gasteiger partial charge in [-0.3, -0.25) is 14.6 Å². The molecule has 0 spiro atoms. The van der Waals surface area contributed by atoms with Gasteiger partial charge in [0.1, 0.15) is 0 Å². The maximum Gasteiger partial charge on any atom is 0.290 e. The number of hydrogen-bond acceptors (Lipinski definition) is 5. The van der Waals surface area contributed by atoms with Gasteiger partial charge in [0.05, 0.1) is 17.9 Å². The molecule has 2 aromatic heterocycles. The van der Waals surface area contributed by atoms with Gasteiger partial charge in [-0.05, 0) is 30.2 Å². The van der Waals surface area contributed by atoms with E-state index in [2.05, 4.69) is 11.9 Å². The van der Waals surface area contributed by atoms with E-state index in [9.17, 15) is 14.7 Å². The summed E-state index contributed by atoms with van der Waals surface area (Å²) in [7, 11) is 0. The van der Waals surface area contributed by atoms with E-state index in [0.717, 1.165) is 19.3 Å². The van der Waals surface area contributed by atoms with Crippen molar-refractivity contribution < 1.29 is 19.1 Å². The Hall–Kier alpha value is -2.89. The normalized spacial score (nSPS) is 17.4. The minimum absolute atomic E-state index is 0.0458. The monoisotopic (exact) mass is 340 g/mol. The Morgan fingerprint density at radius 3 is 2.80 bits per heavy atom. The van der Waals surface area contributed by atoms with Crippen LogP contribution in [0.25, 0.3) is 0 Å². The second-order valence-corrected chi connectivity index (χ2v) is 5.96. The molecule has 0 radical (unpaired) electrons. The van der Waals surface area contributed by atoms with E-state index in [-0.39, 0.29) is 11.3 Å². The standard InChI is InChI=1S/C19H20N2O4/c1-2-3-4-10-21-16(13-7-5-9-20-12-13)15(18(23)19(21)24)17(22)14-8-6-11-25-14/h5-9,11-12,16,23H,2-4,10H2,1H3. The SMILES string of the molecule is CCCCCN1C(=O)C(O)=C(C(=O)c2ccco2)C1c1cccnc1. The number of carbonyl (C=O) groups is 2. The summed E-state index contributed by atoms with van der Waals surface area (Å²) in [6, 6.07) is 6.00. The van der Waals surface area contributed by atoms with Crippen LogP contribution < -0.4 is 0 Å². The fraction of sp³-hybridized carbons (Fsp3) is 0.316. The van der Waals surface area contributed by atoms with Crippen molar-refractivity contribution in [2.75, 3.05) is 6.54 Å². The minimum Gasteiger partial charge on any atom is -0.503 e. The van der Waals surface area contributed by atoms with Crippen LogP contribution in [-0.2, 0) is 4.79 Å². The number of hydrogen-bond donors (Lipinski definition) is 1. The summed E-state index contributed by atoms with van der Waals surface area (Å²) in [6.45, 7) is 2.54. The van der Waals surface area contributed by atoms with Gasteiger partial charge >= 0.3 is 0 Å². The predicted octanol–water partition coefficient (Wildman–Crippen LogP) is 3.44. The van der Waals surface area contributed by atoms with Crippen LogP contribution in [0.15, 0.2) is 58.7 Å². The van der Waals surface area contributed by atoms with Gasteiger partial charge in [-0.1, -0.05) is 25.8 Å². The third-order valence-electron chi connectivity index (χ3n) is 4.30. The number of furan rings is 1. The van der Waals surface area contributed by atoms with Crippen molar-refractivity contribution in [3.63, 3.8) is 0 Å². The number of carbonyl (C=O) groups excluding carboxylic acids is 2. The molecule has 1 aliphatic rings. The number of Topliss-reactive ketones (excluding diaryl/α,β-unsaturated/α-hetero) is 1. The van der Waals surface area contributed by atoms with Gasteiger partial charge in [0.25, 0.3) is 5.91 Å². The number of ketones is 1. The summed E-state index contributed by atoms with van der Waals surface area (Å²) < 4.78 is 5.17. The lowest BCUT2D eigenvalue weighted by Crippen LogP contribution is -2.32. The summed E-state index contributed by atoms with van der Waals surface area (Å²) in [6.07, 6.45) is 7.40. The first kappa shape index (κ1) is 17.0. The van der Waals surface area contributed by atoms with Crippen molar-refractivity contribution in [2.45, 2.75) is 32.2 Å². The zero-order valence-corrected chi connectivity index (χ0v) is 14.0. The van der Waals surface area contributed by atoms with Gasteiger partial charge < -0.3 is 14.4 Å². The lowest BCUT2D eigenvalue weighted by atomic mass is 9.96. The highest BCUT2D eigenvalue weighted by atomic mass is 16.3. The van der Waals surface area contributed by atoms with Crippen LogP contribution in [0.3, 0.4) is 0 Å². The molecule has 0 aromatic carbocycles. The van der Waals surface area contributed by atoms with Crippen LogP contribution in [0.5, 0.6) is 0 Å². The summed E-state index contributed by atoms with van der Waals surface area (Å²) in [5.74, 6) is -1.42. The van der Waals surface area contributed by atoms with Crippen LogP contribution in [0.1, 0.15) is 48.3 Å². The molecule has 3 rings (SSSR count). The number of aromatic nitrogens is 1. The van der Waals surface area contributed by atoms with Crippen LogP contribution >= 0.6 is 0 Å². The molecule has 25 heavy (non-hydrogen) atoms. The fourth-order valence-corrected chi connectivity index (χ4v) is 3.07. The average molecular weight is 340 g/mol. The first-order valence-electron chi connectivity index (χ1n) is 8.37. The van der Waals surface area contributed by atoms with Crippen molar-refractivity contribution in [1.29, 1.82) is 0 Å². The average Bonchev–Trinajstić information content (AvgIpc) is 3.25. The molecule has 0 fully saturated rings. The molecule has 1 unspecified atom stereocenters. The Morgan fingerprint density at radius 2 is 2.16 bits per heavy atom. The summed E-state index contributed by atoms with van der Waals surface area (Å²) in [5, 5.41) is 10.4. The molecule has 3 heterocycles. The molecular weight excluding hydrogens is 320 g/mol. The summed E-state index contributed by atoms with van der Waals surface area (Å²) in [5.41, 5.74) is 0.732. The molecule has 1 atom stereocenters. The third kappa shape index (κ3) is 3.20. The highest BCUT2D eigenvalue weighted by Gasteiger charge is 2.44. The van der Waals surface area contributed by atoms with E-state index in [0.29, 0.717) is 12.1 Å². The molecule has 130 valence electrons. The molecule has 1 aliphatic heterocycles. The van der Waals surface area contributed by atoms with Gasteiger partial charge in [0, 0.05) is 18.9 Å². The van der Waals surface area contributed by atoms with Gasteiger partial charge in [0.15, 0.2) is 11.5 Å². The van der Waals surface area contributed by atoms with Gasteiger partial charge in [-0.15, -0.1) is 0 Å². The van der Waals surface area contributed by atoms with E-state index < -0.39 is 23.5 Å². The fourth-order valence-electron chi connectivity index (χ4n) is 3.07. The van der Waals surface area contributed by atoms with Gasteiger partial charge in [-0.2, -0.15) is 0 Å². The molecule has 1 amide bonds. The second kappa shape index (κ2) is 7.34. The number of nitrogens with zero attached hydrogens (tertiary/aromatic N) is 2. The Balaban J connectivity index is 2.01. The molecule has 0 saturated heterocycles. The molecule has 2 aromatic rings. The lowest BCUT2D eigenvalue weighted by molar-refractivity contribution is -0.129. The van der Waals surface area contributed by atoms with Crippen molar-refractivity contribution in [1.82, 2.24) is 9.88 Å². The largest absolute Gasteiger partial charge is 0.503 e. The topological polar surface area (TPSA) is 83.6 Å². The van der Waals surface area contributed by atoms with Crippen LogP contribution in [0.4, 0.5) is 0 Å². The van der Waals surface area contributed by atoms with Crippen LogP contribution in [0.2, 0.25) is 0 Å². The van der Waals surface area contributed by atoms with E-state index in [1.54, 1.807) is 30.6 Å². The maximum atomic E-state index is 12.8. The van der Waals surface area contributed by atoms with Gasteiger partial charge in [0.2, 0.25) is 5.78 Å². The number of pyridine rings is 1. The van der Waals surface area contributed by atoms with Crippen molar-refractivity contribution in [2.24, 2.45) is 0 Å². The Labute approximate surface area is 145 Å². The maximum absolute atomic E-state index is 12.8. The number of amides is 1. The summed E-state index contributed by atoms with van der Waals surface area (Å²) >= 11 is 0. The zero-order chi connectivity index (χ0) is 17.8. The lowest BCUT2D eigenvalue weighted by Gasteiger charge is -2.26. The molecule has 1 N–H and O–H groups in total. The van der Waals surface area contributed by atoms with E-state index in [1.807, 2.05) is 0 Å². The highest BCUT2D eigenvalue weighted by Crippen LogP contribution is 2.38. The van der Waals surface area contributed by atoms with E-state index in [1.165, 1.54) is 17.2 Å². The summed E-state index contributed by atoms with van der Waals surface area (Å²) in [4.78, 5) is 31.0. The number of aliphatic hydroxyl groups excluding tert-OH is 1. The van der Waals surface area contributed by atoms with E-state index in [4.69, 9.17) is 4.42 Å². The predicted molar refractivity (Wildman–Crippen MR) is 90.9 cm³/mol. The number of unbranched alkanes of at least 4 members (excludes halogenated alkanes) is 2. The number of rotatable bonds is 7. The first-order valence-corrected chi connectivity index (χ1v) is 8.37.